The van der Waals surface area contributed by atoms with Crippen LogP contribution in [0.15, 0.2) is 29.3 Å². The van der Waals surface area contributed by atoms with E-state index in [9.17, 15) is 21.6 Å². The van der Waals surface area contributed by atoms with Gasteiger partial charge in [0.25, 0.3) is 0 Å². The highest BCUT2D eigenvalue weighted by Crippen LogP contribution is 2.26. The molecule has 7 nitrogen and oxygen atoms in total. The number of nitrogens with one attached hydrogen (secondary N) is 2. The predicted molar refractivity (Wildman–Crippen MR) is 104 cm³/mol. The van der Waals surface area contributed by atoms with E-state index >= 15 is 0 Å². The fourth-order valence-electron chi connectivity index (χ4n) is 2.53. The van der Waals surface area contributed by atoms with Gasteiger partial charge in [0, 0.05) is 50.3 Å². The minimum Gasteiger partial charge on any atom is -0.405 e. The maximum Gasteiger partial charge on any atom is 0.573 e. The highest BCUT2D eigenvalue weighted by atomic mass is 32.2. The first-order chi connectivity index (χ1) is 13.2. The molecule has 0 saturated carbocycles. The molecule has 1 aromatic carbocycles. The number of ether oxygens (including phenoxy) is 1. The van der Waals surface area contributed by atoms with Crippen LogP contribution in [0.2, 0.25) is 0 Å². The summed E-state index contributed by atoms with van der Waals surface area (Å²) in [7, 11) is -1.86. The van der Waals surface area contributed by atoms with Crippen LogP contribution in [0.4, 0.5) is 13.2 Å². The molecule has 0 spiro atoms. The Morgan fingerprint density at radius 1 is 1.25 bits per heavy atom. The minimum atomic E-state index is -4.78. The van der Waals surface area contributed by atoms with E-state index in [1.807, 2.05) is 0 Å². The Balaban J connectivity index is 1.85. The maximum absolute atomic E-state index is 12.5. The van der Waals surface area contributed by atoms with Crippen LogP contribution in [-0.4, -0.2) is 69.0 Å². The van der Waals surface area contributed by atoms with Gasteiger partial charge in [-0.3, -0.25) is 4.99 Å². The summed E-state index contributed by atoms with van der Waals surface area (Å²) in [6.45, 7) is 1.18. The fraction of sp³-hybridized carbons (Fsp3) is 0.562. The monoisotopic (exact) mass is 440 g/mol. The fourth-order valence-corrected chi connectivity index (χ4v) is 5.02. The van der Waals surface area contributed by atoms with Crippen molar-refractivity contribution >= 4 is 27.7 Å². The number of hydrogen-bond donors (Lipinski definition) is 2. The Labute approximate surface area is 166 Å². The molecule has 0 atom stereocenters. The number of aliphatic imine (C=N–C) groups is 1. The smallest absolute Gasteiger partial charge is 0.405 e. The van der Waals surface area contributed by atoms with E-state index in [1.54, 1.807) is 17.8 Å². The third-order valence-corrected chi connectivity index (χ3v) is 6.70. The van der Waals surface area contributed by atoms with E-state index in [0.29, 0.717) is 18.7 Å². The highest BCUT2D eigenvalue weighted by molar-refractivity contribution is 7.99. The molecule has 0 aromatic heterocycles. The summed E-state index contributed by atoms with van der Waals surface area (Å²) in [5, 5.41) is 5.72. The van der Waals surface area contributed by atoms with Crippen molar-refractivity contribution in [3.8, 4) is 5.75 Å². The van der Waals surface area contributed by atoms with Crippen molar-refractivity contribution in [2.45, 2.75) is 12.9 Å². The van der Waals surface area contributed by atoms with Crippen molar-refractivity contribution in [1.29, 1.82) is 0 Å². The second-order valence-electron chi connectivity index (χ2n) is 5.84. The largest absolute Gasteiger partial charge is 0.573 e. The molecule has 12 heteroatoms. The molecule has 158 valence electrons. The van der Waals surface area contributed by atoms with Crippen LogP contribution in [0.1, 0.15) is 5.56 Å². The third kappa shape index (κ3) is 7.40. The number of alkyl halides is 3. The van der Waals surface area contributed by atoms with Gasteiger partial charge in [-0.1, -0.05) is 18.2 Å². The van der Waals surface area contributed by atoms with Crippen LogP contribution >= 0.6 is 11.8 Å². The summed E-state index contributed by atoms with van der Waals surface area (Å²) in [5.74, 6) is 1.46. The second-order valence-corrected chi connectivity index (χ2v) is 9.15. The molecule has 0 bridgehead atoms. The SMILES string of the molecule is CN=C(NCCS(=O)(=O)N1CCSCC1)NCc1ccccc1OC(F)(F)F. The Morgan fingerprint density at radius 3 is 2.57 bits per heavy atom. The normalized spacial score (nSPS) is 16.6. The van der Waals surface area contributed by atoms with Gasteiger partial charge in [-0.05, 0) is 6.07 Å². The lowest BCUT2D eigenvalue weighted by atomic mass is 10.2. The van der Waals surface area contributed by atoms with Gasteiger partial charge in [-0.2, -0.15) is 11.8 Å². The molecular weight excluding hydrogens is 417 g/mol. The maximum atomic E-state index is 12.5. The van der Waals surface area contributed by atoms with Crippen LogP contribution in [0.5, 0.6) is 5.75 Å². The van der Waals surface area contributed by atoms with Gasteiger partial charge in [-0.15, -0.1) is 13.2 Å². The molecule has 2 rings (SSSR count). The summed E-state index contributed by atoms with van der Waals surface area (Å²) in [4.78, 5) is 3.96. The van der Waals surface area contributed by atoms with E-state index in [-0.39, 0.29) is 30.6 Å². The lowest BCUT2D eigenvalue weighted by molar-refractivity contribution is -0.274. The number of hydrogen-bond acceptors (Lipinski definition) is 5. The van der Waals surface area contributed by atoms with Crippen molar-refractivity contribution in [2.75, 3.05) is 43.9 Å². The van der Waals surface area contributed by atoms with Gasteiger partial charge >= 0.3 is 6.36 Å². The lowest BCUT2D eigenvalue weighted by Crippen LogP contribution is -2.44. The molecule has 0 aliphatic carbocycles. The van der Waals surface area contributed by atoms with E-state index < -0.39 is 16.4 Å². The first-order valence-electron chi connectivity index (χ1n) is 8.55. The summed E-state index contributed by atoms with van der Waals surface area (Å²) in [5.41, 5.74) is 0.293. The van der Waals surface area contributed by atoms with Gasteiger partial charge in [0.15, 0.2) is 5.96 Å². The van der Waals surface area contributed by atoms with Crippen molar-refractivity contribution in [2.24, 2.45) is 4.99 Å². The average Bonchev–Trinajstić information content (AvgIpc) is 2.65. The van der Waals surface area contributed by atoms with E-state index in [4.69, 9.17) is 0 Å². The van der Waals surface area contributed by atoms with E-state index in [1.165, 1.54) is 29.6 Å². The number of benzene rings is 1. The third-order valence-electron chi connectivity index (χ3n) is 3.88. The number of thioether (sulfide) groups is 1. The molecule has 1 heterocycles. The summed E-state index contributed by atoms with van der Waals surface area (Å²) in [6, 6.07) is 5.77. The molecule has 1 saturated heterocycles. The molecular formula is C16H23F3N4O3S2. The zero-order valence-corrected chi connectivity index (χ0v) is 17.0. The van der Waals surface area contributed by atoms with Gasteiger partial charge in [0.05, 0.1) is 5.75 Å². The summed E-state index contributed by atoms with van der Waals surface area (Å²) in [6.07, 6.45) is -4.78. The molecule has 0 amide bonds. The Bertz CT molecular complexity index is 767. The Morgan fingerprint density at radius 2 is 1.93 bits per heavy atom. The Hall–Kier alpha value is -1.66. The zero-order chi connectivity index (χ0) is 20.6. The molecule has 0 unspecified atom stereocenters. The van der Waals surface area contributed by atoms with Gasteiger partial charge in [-0.25, -0.2) is 12.7 Å². The van der Waals surface area contributed by atoms with Crippen LogP contribution in [-0.2, 0) is 16.6 Å². The van der Waals surface area contributed by atoms with Crippen molar-refractivity contribution in [3.05, 3.63) is 29.8 Å². The van der Waals surface area contributed by atoms with Gasteiger partial charge in [0.2, 0.25) is 10.0 Å². The number of rotatable bonds is 7. The number of sulfonamides is 1. The quantitative estimate of drug-likeness (QED) is 0.495. The topological polar surface area (TPSA) is 83.0 Å². The van der Waals surface area contributed by atoms with Crippen LogP contribution < -0.4 is 15.4 Å². The van der Waals surface area contributed by atoms with Crippen LogP contribution in [0.3, 0.4) is 0 Å². The molecule has 1 fully saturated rings. The van der Waals surface area contributed by atoms with Crippen molar-refractivity contribution in [3.63, 3.8) is 0 Å². The van der Waals surface area contributed by atoms with Crippen molar-refractivity contribution < 1.29 is 26.3 Å². The number of para-hydroxylation sites is 1. The second kappa shape index (κ2) is 10.2. The molecule has 28 heavy (non-hydrogen) atoms. The lowest BCUT2D eigenvalue weighted by Gasteiger charge is -2.25. The zero-order valence-electron chi connectivity index (χ0n) is 15.3. The molecule has 1 aliphatic heterocycles. The average molecular weight is 441 g/mol. The van der Waals surface area contributed by atoms with Gasteiger partial charge < -0.3 is 15.4 Å². The first kappa shape index (κ1) is 22.6. The number of halogens is 3. The highest BCUT2D eigenvalue weighted by Gasteiger charge is 2.32. The summed E-state index contributed by atoms with van der Waals surface area (Å²) < 4.78 is 67.5. The molecule has 2 N–H and O–H groups in total. The van der Waals surface area contributed by atoms with Gasteiger partial charge in [0.1, 0.15) is 5.75 Å². The Kier molecular flexibility index (Phi) is 8.25. The van der Waals surface area contributed by atoms with Crippen LogP contribution in [0, 0.1) is 0 Å². The predicted octanol–water partition coefficient (Wildman–Crippen LogP) is 1.63. The standard InChI is InChI=1S/C16H23F3N4O3S2/c1-20-15(21-6-11-28(24,25)23-7-9-27-10-8-23)22-12-13-4-2-3-5-14(13)26-16(17,18)19/h2-5H,6-12H2,1H3,(H2,20,21,22). The molecule has 1 aliphatic rings. The van der Waals surface area contributed by atoms with Crippen molar-refractivity contribution in [1.82, 2.24) is 14.9 Å². The number of nitrogens with zero attached hydrogens (tertiary/aromatic N) is 2. The van der Waals surface area contributed by atoms with Crippen LogP contribution in [0.25, 0.3) is 0 Å². The van der Waals surface area contributed by atoms with E-state index in [2.05, 4.69) is 20.4 Å². The molecule has 1 aromatic rings. The van der Waals surface area contributed by atoms with E-state index in [0.717, 1.165) is 11.5 Å². The number of guanidine groups is 1. The molecule has 0 radical (unpaired) electrons. The summed E-state index contributed by atoms with van der Waals surface area (Å²) >= 11 is 1.72. The first-order valence-corrected chi connectivity index (χ1v) is 11.3. The minimum absolute atomic E-state index is 0.0298.